The van der Waals surface area contributed by atoms with Crippen molar-refractivity contribution in [3.05, 3.63) is 76.2 Å². The Kier molecular flexibility index (Phi) is 4.48. The monoisotopic (exact) mass is 435 g/mol. The molecule has 0 saturated carbocycles. The molecule has 2 aromatic carbocycles. The highest BCUT2D eigenvalue weighted by molar-refractivity contribution is 6.31. The summed E-state index contributed by atoms with van der Waals surface area (Å²) >= 11 is 5.91. The number of halogens is 1. The van der Waals surface area contributed by atoms with Crippen molar-refractivity contribution >= 4 is 35.3 Å². The van der Waals surface area contributed by atoms with Gasteiger partial charge in [0.05, 0.1) is 5.69 Å². The summed E-state index contributed by atoms with van der Waals surface area (Å²) in [6.07, 6.45) is 1.70. The lowest BCUT2D eigenvalue weighted by atomic mass is 10.2. The van der Waals surface area contributed by atoms with Crippen molar-refractivity contribution in [1.82, 2.24) is 9.88 Å². The van der Waals surface area contributed by atoms with Crippen molar-refractivity contribution in [2.75, 3.05) is 11.7 Å². The molecule has 31 heavy (non-hydrogen) atoms. The zero-order valence-electron chi connectivity index (χ0n) is 16.8. The van der Waals surface area contributed by atoms with Crippen LogP contribution >= 0.6 is 11.6 Å². The maximum absolute atomic E-state index is 12.9. The summed E-state index contributed by atoms with van der Waals surface area (Å²) in [6, 6.07) is 13.8. The van der Waals surface area contributed by atoms with E-state index in [1.54, 1.807) is 30.3 Å². The smallest absolute Gasteiger partial charge is 0.333 e. The molecule has 0 bridgehead atoms. The average Bonchev–Trinajstić information content (AvgIpc) is 3.39. The Bertz CT molecular complexity index is 1260. The van der Waals surface area contributed by atoms with Crippen LogP contribution in [0.4, 0.5) is 10.5 Å². The van der Waals surface area contributed by atoms with Crippen molar-refractivity contribution in [3.8, 4) is 17.2 Å². The van der Waals surface area contributed by atoms with E-state index < -0.39 is 11.9 Å². The van der Waals surface area contributed by atoms with Crippen molar-refractivity contribution in [3.63, 3.8) is 0 Å². The van der Waals surface area contributed by atoms with Crippen LogP contribution in [0.2, 0.25) is 5.02 Å². The van der Waals surface area contributed by atoms with E-state index in [-0.39, 0.29) is 12.5 Å². The van der Waals surface area contributed by atoms with Gasteiger partial charge in [0.15, 0.2) is 11.5 Å². The van der Waals surface area contributed by atoms with Gasteiger partial charge >= 0.3 is 6.03 Å². The molecule has 7 nitrogen and oxygen atoms in total. The van der Waals surface area contributed by atoms with Gasteiger partial charge in [0, 0.05) is 28.2 Å². The third-order valence-corrected chi connectivity index (χ3v) is 5.60. The van der Waals surface area contributed by atoms with Gasteiger partial charge < -0.3 is 19.4 Å². The molecule has 5 rings (SSSR count). The quantitative estimate of drug-likeness (QED) is 0.483. The number of hydrogen-bond donors (Lipinski definition) is 1. The number of amides is 3. The van der Waals surface area contributed by atoms with Gasteiger partial charge in [-0.05, 0) is 68.0 Å². The number of benzene rings is 2. The summed E-state index contributed by atoms with van der Waals surface area (Å²) in [5.41, 5.74) is 4.34. The topological polar surface area (TPSA) is 72.8 Å². The van der Waals surface area contributed by atoms with Crippen LogP contribution in [0.1, 0.15) is 17.0 Å². The molecule has 0 spiro atoms. The summed E-state index contributed by atoms with van der Waals surface area (Å²) in [7, 11) is 0. The molecule has 156 valence electrons. The number of rotatable bonds is 3. The van der Waals surface area contributed by atoms with Crippen LogP contribution in [0.15, 0.2) is 54.2 Å². The summed E-state index contributed by atoms with van der Waals surface area (Å²) in [4.78, 5) is 26.5. The summed E-state index contributed by atoms with van der Waals surface area (Å²) < 4.78 is 12.9. The number of carbonyl (C=O) groups excluding carboxylic acids is 2. The molecule has 0 radical (unpaired) electrons. The summed E-state index contributed by atoms with van der Waals surface area (Å²) in [5, 5.41) is 3.19. The molecule has 2 aliphatic rings. The molecular weight excluding hydrogens is 418 g/mol. The highest BCUT2D eigenvalue weighted by atomic mass is 35.5. The molecule has 1 saturated heterocycles. The van der Waals surface area contributed by atoms with Gasteiger partial charge in [-0.3, -0.25) is 4.79 Å². The zero-order chi connectivity index (χ0) is 21.7. The molecule has 1 N–H and O–H groups in total. The number of nitrogens with one attached hydrogen (secondary N) is 1. The van der Waals surface area contributed by atoms with Crippen molar-refractivity contribution in [2.45, 2.75) is 13.8 Å². The minimum atomic E-state index is -0.497. The Morgan fingerprint density at radius 3 is 2.45 bits per heavy atom. The second-order valence-electron chi connectivity index (χ2n) is 7.30. The van der Waals surface area contributed by atoms with Crippen LogP contribution in [0.25, 0.3) is 11.8 Å². The number of carbonyl (C=O) groups is 2. The SMILES string of the molecule is Cc1cc(/C=C2/NC(=O)N(c3ccc(Cl)cc3)C2=O)c(C)n1-c1ccc2c(c1)OCO2. The minimum absolute atomic E-state index is 0.214. The minimum Gasteiger partial charge on any atom is -0.454 e. The standard InChI is InChI=1S/C23H18ClN3O4/c1-13-9-15(14(2)26(13)18-7-8-20-21(11-18)31-12-30-20)10-19-22(28)27(23(29)25-19)17-5-3-16(24)4-6-17/h3-11H,12H2,1-2H3,(H,25,29)/b19-10+. The molecule has 8 heteroatoms. The number of urea groups is 1. The highest BCUT2D eigenvalue weighted by Crippen LogP contribution is 2.35. The van der Waals surface area contributed by atoms with E-state index in [2.05, 4.69) is 9.88 Å². The predicted molar refractivity (Wildman–Crippen MR) is 117 cm³/mol. The van der Waals surface area contributed by atoms with E-state index in [1.165, 1.54) is 0 Å². The molecule has 3 heterocycles. The van der Waals surface area contributed by atoms with E-state index in [9.17, 15) is 9.59 Å². The van der Waals surface area contributed by atoms with Gasteiger partial charge in [-0.25, -0.2) is 9.69 Å². The molecule has 3 aromatic rings. The maximum Gasteiger partial charge on any atom is 0.333 e. The number of anilines is 1. The lowest BCUT2D eigenvalue weighted by Crippen LogP contribution is -2.30. The first kappa shape index (κ1) is 19.3. The average molecular weight is 436 g/mol. The molecule has 0 unspecified atom stereocenters. The molecule has 0 atom stereocenters. The Balaban J connectivity index is 1.49. The Labute approximate surface area is 183 Å². The number of fused-ring (bicyclic) bond motifs is 1. The number of imide groups is 1. The van der Waals surface area contributed by atoms with Crippen LogP contribution in [-0.4, -0.2) is 23.3 Å². The fraction of sp³-hybridized carbons (Fsp3) is 0.130. The number of aryl methyl sites for hydroxylation is 1. The van der Waals surface area contributed by atoms with Crippen LogP contribution in [0.3, 0.4) is 0 Å². The van der Waals surface area contributed by atoms with Gasteiger partial charge in [0.2, 0.25) is 6.79 Å². The maximum atomic E-state index is 12.9. The van der Waals surface area contributed by atoms with Crippen molar-refractivity contribution in [2.24, 2.45) is 0 Å². The van der Waals surface area contributed by atoms with E-state index in [0.717, 1.165) is 33.3 Å². The Hall–Kier alpha value is -3.71. The van der Waals surface area contributed by atoms with Crippen molar-refractivity contribution < 1.29 is 19.1 Å². The lowest BCUT2D eigenvalue weighted by molar-refractivity contribution is -0.113. The van der Waals surface area contributed by atoms with E-state index in [4.69, 9.17) is 21.1 Å². The zero-order valence-corrected chi connectivity index (χ0v) is 17.6. The van der Waals surface area contributed by atoms with Gasteiger partial charge in [0.1, 0.15) is 5.70 Å². The largest absolute Gasteiger partial charge is 0.454 e. The van der Waals surface area contributed by atoms with E-state index in [1.807, 2.05) is 38.1 Å². The number of ether oxygens (including phenoxy) is 2. The van der Waals surface area contributed by atoms with E-state index in [0.29, 0.717) is 16.5 Å². The van der Waals surface area contributed by atoms with E-state index >= 15 is 0 Å². The summed E-state index contributed by atoms with van der Waals surface area (Å²) in [5.74, 6) is 0.997. The molecule has 2 aliphatic heterocycles. The Morgan fingerprint density at radius 2 is 1.68 bits per heavy atom. The van der Waals surface area contributed by atoms with Crippen LogP contribution < -0.4 is 19.7 Å². The predicted octanol–water partition coefficient (Wildman–Crippen LogP) is 4.57. The second kappa shape index (κ2) is 7.21. The molecule has 3 amide bonds. The highest BCUT2D eigenvalue weighted by Gasteiger charge is 2.35. The number of aromatic nitrogens is 1. The molecule has 1 fully saturated rings. The summed E-state index contributed by atoms with van der Waals surface area (Å²) in [6.45, 7) is 4.16. The molecular formula is C23H18ClN3O4. The Morgan fingerprint density at radius 1 is 0.968 bits per heavy atom. The number of hydrogen-bond acceptors (Lipinski definition) is 4. The van der Waals surface area contributed by atoms with Gasteiger partial charge in [-0.15, -0.1) is 0 Å². The van der Waals surface area contributed by atoms with Crippen LogP contribution in [-0.2, 0) is 4.79 Å². The van der Waals surface area contributed by atoms with Crippen LogP contribution in [0.5, 0.6) is 11.5 Å². The molecule has 0 aliphatic carbocycles. The first-order valence-corrected chi connectivity index (χ1v) is 10.0. The first-order valence-electron chi connectivity index (χ1n) is 9.64. The fourth-order valence-corrected chi connectivity index (χ4v) is 4.00. The third-order valence-electron chi connectivity index (χ3n) is 5.35. The normalized spacial score (nSPS) is 16.4. The number of nitrogens with zero attached hydrogens (tertiary/aromatic N) is 2. The van der Waals surface area contributed by atoms with Crippen molar-refractivity contribution in [1.29, 1.82) is 0 Å². The lowest BCUT2D eigenvalue weighted by Gasteiger charge is -2.11. The first-order chi connectivity index (χ1) is 14.9. The van der Waals surface area contributed by atoms with Gasteiger partial charge in [-0.2, -0.15) is 0 Å². The fourth-order valence-electron chi connectivity index (χ4n) is 3.87. The van der Waals surface area contributed by atoms with Crippen LogP contribution in [0, 0.1) is 13.8 Å². The second-order valence-corrected chi connectivity index (χ2v) is 7.74. The van der Waals surface area contributed by atoms with Gasteiger partial charge in [0.25, 0.3) is 5.91 Å². The van der Waals surface area contributed by atoms with Gasteiger partial charge in [-0.1, -0.05) is 11.6 Å². The molecule has 1 aromatic heterocycles. The third kappa shape index (κ3) is 3.23.